The zero-order chi connectivity index (χ0) is 38.0. The lowest BCUT2D eigenvalue weighted by Gasteiger charge is -2.22. The van der Waals surface area contributed by atoms with Gasteiger partial charge in [-0.15, -0.1) is 0 Å². The number of hydrogen-bond acceptors (Lipinski definition) is 7. The number of rotatable bonds is 12. The number of carbonyl (C=O) groups excluding carboxylic acids is 5. The molecule has 54 heavy (non-hydrogen) atoms. The van der Waals surface area contributed by atoms with Crippen molar-refractivity contribution in [2.75, 3.05) is 19.7 Å². The van der Waals surface area contributed by atoms with E-state index in [1.54, 1.807) is 11.0 Å². The number of alkyl halides is 2. The van der Waals surface area contributed by atoms with Gasteiger partial charge in [0.1, 0.15) is 24.5 Å². The molecule has 3 aromatic carbocycles. The smallest absolute Gasteiger partial charge is 0.407 e. The van der Waals surface area contributed by atoms with Crippen LogP contribution in [0.4, 0.5) is 13.6 Å². The minimum absolute atomic E-state index is 0.0149. The van der Waals surface area contributed by atoms with E-state index in [2.05, 4.69) is 34.9 Å². The quantitative estimate of drug-likeness (QED) is 0.249. The number of amides is 4. The molecule has 13 heteroatoms. The molecule has 0 bridgehead atoms. The van der Waals surface area contributed by atoms with Gasteiger partial charge in [-0.1, -0.05) is 66.7 Å². The SMILES string of the molecule is N#C[C@@H]1CC(F)(F)CN1C(=O)[C@@H]1C[C@@H](CC(=O)N2Cc3cccc(CCC(=O)CCCNC(=O)OCC4c5ccccc5-c5ccccc54)c3C2)C(=O)N1. The summed E-state index contributed by atoms with van der Waals surface area (Å²) in [7, 11) is 0. The van der Waals surface area contributed by atoms with Gasteiger partial charge < -0.3 is 25.2 Å². The highest BCUT2D eigenvalue weighted by molar-refractivity contribution is 5.94. The van der Waals surface area contributed by atoms with Crippen LogP contribution in [-0.4, -0.2) is 77.1 Å². The predicted octanol–water partition coefficient (Wildman–Crippen LogP) is 5.00. The van der Waals surface area contributed by atoms with Gasteiger partial charge in [0.05, 0.1) is 12.6 Å². The number of alkyl carbamates (subject to hydrolysis) is 1. The third kappa shape index (κ3) is 7.69. The number of hydrogen-bond donors (Lipinski definition) is 2. The van der Waals surface area contributed by atoms with E-state index in [0.29, 0.717) is 45.3 Å². The Morgan fingerprint density at radius 3 is 2.41 bits per heavy atom. The molecule has 0 saturated carbocycles. The Labute approximate surface area is 311 Å². The van der Waals surface area contributed by atoms with Gasteiger partial charge in [-0.25, -0.2) is 13.6 Å². The number of benzene rings is 3. The topological polar surface area (TPSA) is 149 Å². The fourth-order valence-electron chi connectivity index (χ4n) is 8.21. The molecule has 1 aliphatic carbocycles. The van der Waals surface area contributed by atoms with Gasteiger partial charge in [0.2, 0.25) is 17.7 Å². The highest BCUT2D eigenvalue weighted by Crippen LogP contribution is 2.44. The first-order valence-electron chi connectivity index (χ1n) is 18.4. The summed E-state index contributed by atoms with van der Waals surface area (Å²) in [5.41, 5.74) is 7.47. The van der Waals surface area contributed by atoms with E-state index >= 15 is 0 Å². The van der Waals surface area contributed by atoms with Crippen LogP contribution in [0.25, 0.3) is 11.1 Å². The van der Waals surface area contributed by atoms with Gasteiger partial charge in [0.25, 0.3) is 5.92 Å². The zero-order valence-corrected chi connectivity index (χ0v) is 29.7. The molecule has 4 amide bonds. The second-order valence-corrected chi connectivity index (χ2v) is 14.6. The van der Waals surface area contributed by atoms with E-state index in [4.69, 9.17) is 4.74 Å². The number of carbonyl (C=O) groups is 5. The van der Waals surface area contributed by atoms with Crippen LogP contribution in [0.15, 0.2) is 66.7 Å². The fourth-order valence-corrected chi connectivity index (χ4v) is 8.21. The summed E-state index contributed by atoms with van der Waals surface area (Å²) in [5, 5.41) is 14.5. The van der Waals surface area contributed by atoms with E-state index in [0.717, 1.165) is 43.8 Å². The minimum atomic E-state index is -3.17. The fraction of sp³-hybridized carbons (Fsp3) is 0.415. The van der Waals surface area contributed by atoms with Gasteiger partial charge in [0.15, 0.2) is 0 Å². The molecule has 0 spiro atoms. The summed E-state index contributed by atoms with van der Waals surface area (Å²) in [6.07, 6.45) is 0.162. The summed E-state index contributed by atoms with van der Waals surface area (Å²) >= 11 is 0. The molecular formula is C41H41F2N5O6. The Kier molecular flexibility index (Phi) is 10.5. The Morgan fingerprint density at radius 2 is 1.69 bits per heavy atom. The third-order valence-corrected chi connectivity index (χ3v) is 11.0. The number of ketones is 1. The van der Waals surface area contributed by atoms with Crippen LogP contribution in [0, 0.1) is 17.2 Å². The van der Waals surface area contributed by atoms with Crippen LogP contribution in [0.2, 0.25) is 0 Å². The highest BCUT2D eigenvalue weighted by Gasteiger charge is 2.50. The summed E-state index contributed by atoms with van der Waals surface area (Å²) in [6, 6.07) is 21.4. The predicted molar refractivity (Wildman–Crippen MR) is 192 cm³/mol. The van der Waals surface area contributed by atoms with Crippen molar-refractivity contribution in [3.8, 4) is 17.2 Å². The second-order valence-electron chi connectivity index (χ2n) is 14.6. The van der Waals surface area contributed by atoms with E-state index in [-0.39, 0.29) is 37.1 Å². The lowest BCUT2D eigenvalue weighted by Crippen LogP contribution is -2.46. The lowest BCUT2D eigenvalue weighted by molar-refractivity contribution is -0.135. The number of likely N-dealkylation sites (tertiary alicyclic amines) is 1. The van der Waals surface area contributed by atoms with Crippen molar-refractivity contribution < 1.29 is 37.5 Å². The maximum absolute atomic E-state index is 13.9. The number of fused-ring (bicyclic) bond motifs is 4. The summed E-state index contributed by atoms with van der Waals surface area (Å²) in [5.74, 6) is -5.44. The standard InChI is InChI=1S/C41H41F2N5O6/c42-41(43)19-28(20-44)48(24-41)39(52)36-17-27(38(51)46-36)18-37(50)47-21-26-8-5-7-25(34(26)22-47)14-15-29(49)9-6-16-45-40(53)54-23-35-32-12-3-1-10-30(32)31-11-2-4-13-33(31)35/h1-5,7-8,10-13,27-28,35-36H,6,9,14-19,21-24H2,(H,45,53)(H,46,51)/t27-,28-,36-/m0/s1. The average Bonchev–Trinajstić information content (AvgIpc) is 3.93. The first kappa shape index (κ1) is 36.7. The van der Waals surface area contributed by atoms with E-state index in [1.165, 1.54) is 0 Å². The van der Waals surface area contributed by atoms with Crippen LogP contribution >= 0.6 is 0 Å². The molecule has 3 aliphatic heterocycles. The van der Waals surface area contributed by atoms with Gasteiger partial charge in [-0.05, 0) is 58.2 Å². The van der Waals surface area contributed by atoms with Gasteiger partial charge in [0, 0.05) is 57.2 Å². The maximum Gasteiger partial charge on any atom is 0.407 e. The zero-order valence-electron chi connectivity index (χ0n) is 29.7. The van der Waals surface area contributed by atoms with Crippen molar-refractivity contribution in [2.24, 2.45) is 5.92 Å². The minimum Gasteiger partial charge on any atom is -0.449 e. The van der Waals surface area contributed by atoms with Crippen LogP contribution < -0.4 is 10.6 Å². The van der Waals surface area contributed by atoms with Crippen molar-refractivity contribution in [1.82, 2.24) is 20.4 Å². The lowest BCUT2D eigenvalue weighted by atomic mass is 9.98. The van der Waals surface area contributed by atoms with Crippen LogP contribution in [0.1, 0.15) is 72.3 Å². The molecule has 0 radical (unpaired) electrons. The number of aryl methyl sites for hydroxylation is 1. The Hall–Kier alpha value is -5.64. The van der Waals surface area contributed by atoms with Crippen molar-refractivity contribution in [3.63, 3.8) is 0 Å². The van der Waals surface area contributed by atoms with Crippen LogP contribution in [0.5, 0.6) is 0 Å². The van der Waals surface area contributed by atoms with Crippen LogP contribution in [0.3, 0.4) is 0 Å². The second kappa shape index (κ2) is 15.4. The molecule has 2 N–H and O–H groups in total. The largest absolute Gasteiger partial charge is 0.449 e. The van der Waals surface area contributed by atoms with Gasteiger partial charge >= 0.3 is 6.09 Å². The first-order valence-corrected chi connectivity index (χ1v) is 18.4. The molecule has 11 nitrogen and oxygen atoms in total. The monoisotopic (exact) mass is 737 g/mol. The van der Waals surface area contributed by atoms with E-state index in [9.17, 15) is 38.0 Å². The van der Waals surface area contributed by atoms with Crippen molar-refractivity contribution >= 4 is 29.6 Å². The molecule has 2 fully saturated rings. The number of nitrogens with zero attached hydrogens (tertiary/aromatic N) is 3. The molecule has 0 unspecified atom stereocenters. The Balaban J connectivity index is 0.826. The highest BCUT2D eigenvalue weighted by atomic mass is 19.3. The van der Waals surface area contributed by atoms with Crippen molar-refractivity contribution in [2.45, 2.75) is 82.0 Å². The number of Topliss-reactive ketones (excluding diaryl/α,β-unsaturated/α-hetero) is 1. The number of nitrogens with one attached hydrogen (secondary N) is 2. The molecule has 4 aliphatic rings. The van der Waals surface area contributed by atoms with Crippen LogP contribution in [-0.2, 0) is 43.4 Å². The maximum atomic E-state index is 13.9. The number of ether oxygens (including phenoxy) is 1. The molecule has 2 saturated heterocycles. The van der Waals surface area contributed by atoms with E-state index < -0.39 is 54.8 Å². The van der Waals surface area contributed by atoms with Gasteiger partial charge in [-0.2, -0.15) is 5.26 Å². The molecule has 7 rings (SSSR count). The summed E-state index contributed by atoms with van der Waals surface area (Å²) < 4.78 is 33.4. The number of nitriles is 1. The van der Waals surface area contributed by atoms with Gasteiger partial charge in [-0.3, -0.25) is 19.2 Å². The molecule has 3 atom stereocenters. The third-order valence-electron chi connectivity index (χ3n) is 11.0. The Bertz CT molecular complexity index is 1980. The summed E-state index contributed by atoms with van der Waals surface area (Å²) in [4.78, 5) is 66.7. The molecule has 280 valence electrons. The molecule has 0 aromatic heterocycles. The van der Waals surface area contributed by atoms with E-state index in [1.807, 2.05) is 42.5 Å². The molecule has 3 aromatic rings. The molecular weight excluding hydrogens is 696 g/mol. The first-order chi connectivity index (χ1) is 26.0. The normalized spacial score (nSPS) is 20.8. The summed E-state index contributed by atoms with van der Waals surface area (Å²) in [6.45, 7) is 0.326. The van der Waals surface area contributed by atoms with Crippen molar-refractivity contribution in [3.05, 3.63) is 94.5 Å². The number of halogens is 2. The average molecular weight is 738 g/mol. The molecule has 3 heterocycles. The van der Waals surface area contributed by atoms with Crippen molar-refractivity contribution in [1.29, 1.82) is 5.26 Å². The Morgan fingerprint density at radius 1 is 0.963 bits per heavy atom.